The van der Waals surface area contributed by atoms with E-state index in [9.17, 15) is 13.2 Å². The first kappa shape index (κ1) is 26.7. The molecule has 0 radical (unpaired) electrons. The van der Waals surface area contributed by atoms with E-state index in [-0.39, 0.29) is 11.7 Å². The average Bonchev–Trinajstić information content (AvgIpc) is 3.36. The number of rotatable bonds is 4. The minimum atomic E-state index is -3.45. The van der Waals surface area contributed by atoms with Crippen LogP contribution in [0.4, 0.5) is 23.0 Å². The van der Waals surface area contributed by atoms with Crippen molar-refractivity contribution in [1.82, 2.24) is 14.5 Å². The van der Waals surface area contributed by atoms with Crippen molar-refractivity contribution in [3.05, 3.63) is 66.3 Å². The van der Waals surface area contributed by atoms with Crippen LogP contribution in [0.15, 0.2) is 55.0 Å². The number of piperidine rings is 1. The summed E-state index contributed by atoms with van der Waals surface area (Å²) in [6.45, 7) is 5.83. The average molecular weight is 550 g/mol. The predicted octanol–water partition coefficient (Wildman–Crippen LogP) is 4.57. The van der Waals surface area contributed by atoms with Gasteiger partial charge in [0.2, 0.25) is 10.0 Å². The summed E-state index contributed by atoms with van der Waals surface area (Å²) in [5, 5.41) is 6.38. The number of imidazole rings is 1. The minimum absolute atomic E-state index is 0.0276. The molecule has 0 aliphatic carbocycles. The number of nitrogens with zero attached hydrogens (tertiary/aromatic N) is 4. The number of hydrogen-bond donors (Lipinski definition) is 3. The second-order valence-electron chi connectivity index (χ2n) is 10.0. The number of aryl methyl sites for hydroxylation is 1. The Morgan fingerprint density at radius 3 is 2.67 bits per heavy atom. The summed E-state index contributed by atoms with van der Waals surface area (Å²) in [6.07, 6.45) is 12.0. The predicted molar refractivity (Wildman–Crippen MR) is 155 cm³/mol. The highest BCUT2D eigenvalue weighted by Gasteiger charge is 2.24. The highest BCUT2D eigenvalue weighted by Crippen LogP contribution is 2.32. The Hall–Kier alpha value is -3.86. The fourth-order valence-corrected chi connectivity index (χ4v) is 5.62. The number of amides is 1. The third-order valence-electron chi connectivity index (χ3n) is 7.20. The van der Waals surface area contributed by atoms with E-state index >= 15 is 0 Å². The zero-order valence-electron chi connectivity index (χ0n) is 22.4. The zero-order valence-corrected chi connectivity index (χ0v) is 23.2. The van der Waals surface area contributed by atoms with E-state index in [1.54, 1.807) is 37.5 Å². The lowest BCUT2D eigenvalue weighted by molar-refractivity contribution is 0.102. The van der Waals surface area contributed by atoms with Crippen LogP contribution in [0.2, 0.25) is 0 Å². The zero-order chi connectivity index (χ0) is 27.4. The highest BCUT2D eigenvalue weighted by molar-refractivity contribution is 7.92. The van der Waals surface area contributed by atoms with Crippen molar-refractivity contribution in [3.63, 3.8) is 0 Å². The molecule has 6 rings (SSSR count). The molecular formula is C28H35N7O3S. The number of anilines is 4. The molecule has 3 aliphatic heterocycles. The number of pyridine rings is 1. The number of benzene rings is 1. The Morgan fingerprint density at radius 2 is 1.92 bits per heavy atom. The van der Waals surface area contributed by atoms with Gasteiger partial charge in [0.25, 0.3) is 5.91 Å². The van der Waals surface area contributed by atoms with Crippen LogP contribution in [0.1, 0.15) is 48.7 Å². The van der Waals surface area contributed by atoms with Crippen molar-refractivity contribution in [1.29, 1.82) is 0 Å². The van der Waals surface area contributed by atoms with Crippen LogP contribution >= 0.6 is 0 Å². The van der Waals surface area contributed by atoms with E-state index in [0.29, 0.717) is 41.0 Å². The molecule has 0 atom stereocenters. The molecule has 206 valence electrons. The largest absolute Gasteiger partial charge is 0.371 e. The number of fused-ring (bicyclic) bond motifs is 7. The smallest absolute Gasteiger partial charge is 0.258 e. The first-order valence-corrected chi connectivity index (χ1v) is 15.1. The standard InChI is InChI=1S/C28H35N7O3S/c1-3-39(37,38)33-22-8-9-23-25(17-22)34-15-12-21(13-16-34)7-5-4-6-14-29-27-24(35-18-20(2)30-19-35)10-11-26(31-27)32-28(23)36/h4-5,8-11,17-19,21,33H,3,6-7,12-16H2,1-2H3,(H2,29,31,32,36)/b5-4+. The van der Waals surface area contributed by atoms with Crippen molar-refractivity contribution >= 4 is 38.9 Å². The van der Waals surface area contributed by atoms with Gasteiger partial charge in [0.15, 0.2) is 5.82 Å². The summed E-state index contributed by atoms with van der Waals surface area (Å²) < 4.78 is 29.0. The van der Waals surface area contributed by atoms with Crippen LogP contribution in [0.25, 0.3) is 5.69 Å². The van der Waals surface area contributed by atoms with Crippen molar-refractivity contribution in [3.8, 4) is 5.69 Å². The summed E-state index contributed by atoms with van der Waals surface area (Å²) in [5.41, 5.74) is 3.37. The van der Waals surface area contributed by atoms with E-state index in [4.69, 9.17) is 4.98 Å². The maximum absolute atomic E-state index is 13.6. The normalized spacial score (nSPS) is 17.6. The topological polar surface area (TPSA) is 121 Å². The van der Waals surface area contributed by atoms with Crippen LogP contribution in [0.5, 0.6) is 0 Å². The van der Waals surface area contributed by atoms with Gasteiger partial charge in [-0.2, -0.15) is 0 Å². The molecule has 0 spiro atoms. The Balaban J connectivity index is 1.51. The quantitative estimate of drug-likeness (QED) is 0.408. The summed E-state index contributed by atoms with van der Waals surface area (Å²) in [4.78, 5) is 24.8. The molecule has 2 aromatic heterocycles. The van der Waals surface area contributed by atoms with E-state index in [1.165, 1.54) is 0 Å². The summed E-state index contributed by atoms with van der Waals surface area (Å²) in [5.74, 6) is 1.32. The van der Waals surface area contributed by atoms with Gasteiger partial charge >= 0.3 is 0 Å². The van der Waals surface area contributed by atoms with Gasteiger partial charge in [-0.05, 0) is 75.8 Å². The van der Waals surface area contributed by atoms with Crippen LogP contribution in [-0.4, -0.2) is 54.2 Å². The van der Waals surface area contributed by atoms with Gasteiger partial charge in [-0.1, -0.05) is 12.2 Å². The molecule has 1 saturated heterocycles. The molecule has 4 bridgehead atoms. The van der Waals surface area contributed by atoms with Crippen LogP contribution < -0.4 is 20.3 Å². The number of hydrogen-bond acceptors (Lipinski definition) is 7. The molecule has 11 heteroatoms. The fourth-order valence-electron chi connectivity index (χ4n) is 4.99. The molecule has 1 fully saturated rings. The molecule has 3 aromatic rings. The third-order valence-corrected chi connectivity index (χ3v) is 8.50. The molecule has 3 aliphatic rings. The van der Waals surface area contributed by atoms with Crippen molar-refractivity contribution < 1.29 is 13.2 Å². The molecule has 5 heterocycles. The Bertz CT molecular complexity index is 1470. The molecule has 3 N–H and O–H groups in total. The Morgan fingerprint density at radius 1 is 1.10 bits per heavy atom. The van der Waals surface area contributed by atoms with Crippen LogP contribution in [0.3, 0.4) is 0 Å². The van der Waals surface area contributed by atoms with E-state index in [2.05, 4.69) is 37.4 Å². The van der Waals surface area contributed by atoms with Crippen LogP contribution in [0, 0.1) is 12.8 Å². The Kier molecular flexibility index (Phi) is 7.87. The number of aromatic nitrogens is 3. The first-order chi connectivity index (χ1) is 18.8. The van der Waals surface area contributed by atoms with Crippen molar-refractivity contribution in [2.24, 2.45) is 5.92 Å². The molecule has 39 heavy (non-hydrogen) atoms. The second kappa shape index (κ2) is 11.5. The lowest BCUT2D eigenvalue weighted by Crippen LogP contribution is -2.35. The number of allylic oxidation sites excluding steroid dienone is 1. The van der Waals surface area contributed by atoms with Crippen molar-refractivity contribution in [2.75, 3.05) is 45.6 Å². The fraction of sp³-hybridized carbons (Fsp3) is 0.393. The van der Waals surface area contributed by atoms with Crippen molar-refractivity contribution in [2.45, 2.75) is 39.5 Å². The van der Waals surface area contributed by atoms with Gasteiger partial charge in [-0.25, -0.2) is 18.4 Å². The number of nitrogens with one attached hydrogen (secondary N) is 3. The Labute approximate surface area is 229 Å². The van der Waals surface area contributed by atoms with Gasteiger partial charge < -0.3 is 20.1 Å². The van der Waals surface area contributed by atoms with Gasteiger partial charge in [0.1, 0.15) is 5.82 Å². The molecular weight excluding hydrogens is 514 g/mol. The maximum atomic E-state index is 13.6. The highest BCUT2D eigenvalue weighted by atomic mass is 32.2. The maximum Gasteiger partial charge on any atom is 0.258 e. The first-order valence-electron chi connectivity index (χ1n) is 13.4. The van der Waals surface area contributed by atoms with Gasteiger partial charge in [-0.15, -0.1) is 0 Å². The lowest BCUT2D eigenvalue weighted by Gasteiger charge is -2.34. The number of carbonyl (C=O) groups excluding carboxylic acids is 1. The molecule has 1 amide bonds. The lowest BCUT2D eigenvalue weighted by atomic mass is 9.92. The van der Waals surface area contributed by atoms with E-state index < -0.39 is 10.0 Å². The minimum Gasteiger partial charge on any atom is -0.371 e. The molecule has 10 nitrogen and oxygen atoms in total. The number of sulfonamides is 1. The SMILES string of the molecule is CCS(=O)(=O)Nc1ccc2c(c1)N1CCC(C/C=C/CCNc3nc(ccc3-n3cnc(C)c3)NC2=O)CC1. The van der Waals surface area contributed by atoms with Crippen LogP contribution in [-0.2, 0) is 10.0 Å². The number of carbonyl (C=O) groups is 1. The van der Waals surface area contributed by atoms with Gasteiger partial charge in [0, 0.05) is 25.8 Å². The monoisotopic (exact) mass is 549 g/mol. The summed E-state index contributed by atoms with van der Waals surface area (Å²) in [6, 6.07) is 8.77. The second-order valence-corrected chi connectivity index (χ2v) is 12.0. The third kappa shape index (κ3) is 6.42. The molecule has 1 aromatic carbocycles. The van der Waals surface area contributed by atoms with E-state index in [0.717, 1.165) is 50.2 Å². The molecule has 0 unspecified atom stereocenters. The van der Waals surface area contributed by atoms with E-state index in [1.807, 2.05) is 23.8 Å². The van der Waals surface area contributed by atoms with Gasteiger partial charge in [-0.3, -0.25) is 9.52 Å². The van der Waals surface area contributed by atoms with Gasteiger partial charge in [0.05, 0.1) is 40.4 Å². The summed E-state index contributed by atoms with van der Waals surface area (Å²) in [7, 11) is -3.45. The molecule has 0 saturated carbocycles. The summed E-state index contributed by atoms with van der Waals surface area (Å²) >= 11 is 0.